The number of aromatic nitrogens is 5. The number of rotatable bonds is 7. The van der Waals surface area contributed by atoms with Gasteiger partial charge in [-0.15, -0.1) is 10.2 Å². The summed E-state index contributed by atoms with van der Waals surface area (Å²) >= 11 is 1.24. The molecule has 28 heavy (non-hydrogen) atoms. The van der Waals surface area contributed by atoms with Gasteiger partial charge in [-0.1, -0.05) is 55.9 Å². The molecule has 0 aliphatic rings. The van der Waals surface area contributed by atoms with Crippen LogP contribution >= 0.6 is 11.8 Å². The number of nitrogens with one attached hydrogen (secondary N) is 1. The summed E-state index contributed by atoms with van der Waals surface area (Å²) in [6, 6.07) is 11.9. The van der Waals surface area contributed by atoms with Gasteiger partial charge in [0.1, 0.15) is 0 Å². The first-order valence-corrected chi connectivity index (χ1v) is 10.1. The molecule has 0 bridgehead atoms. The van der Waals surface area contributed by atoms with Crippen LogP contribution in [0.25, 0.3) is 5.95 Å². The van der Waals surface area contributed by atoms with Crippen molar-refractivity contribution in [3.8, 4) is 5.95 Å². The number of carbonyl (C=O) groups excluding carboxylic acids is 1. The van der Waals surface area contributed by atoms with Crippen LogP contribution in [0, 0.1) is 19.8 Å². The predicted octanol–water partition coefficient (Wildman–Crippen LogP) is 2.40. The first kappa shape index (κ1) is 19.9. The highest BCUT2D eigenvalue weighted by molar-refractivity contribution is 7.99. The first-order chi connectivity index (χ1) is 13.4. The van der Waals surface area contributed by atoms with Crippen molar-refractivity contribution in [1.29, 1.82) is 0 Å². The molecule has 0 aliphatic carbocycles. The zero-order valence-corrected chi connectivity index (χ0v) is 17.3. The van der Waals surface area contributed by atoms with Gasteiger partial charge in [-0.05, 0) is 31.4 Å². The van der Waals surface area contributed by atoms with Crippen LogP contribution in [-0.4, -0.2) is 36.3 Å². The Balaban J connectivity index is 1.66. The minimum atomic E-state index is -0.0804. The molecule has 0 radical (unpaired) electrons. The molecule has 0 unspecified atom stereocenters. The van der Waals surface area contributed by atoms with Crippen LogP contribution in [0.3, 0.4) is 0 Å². The van der Waals surface area contributed by atoms with Crippen LogP contribution in [0.4, 0.5) is 0 Å². The molecule has 2 heterocycles. The van der Waals surface area contributed by atoms with Gasteiger partial charge in [0.25, 0.3) is 5.95 Å². The van der Waals surface area contributed by atoms with E-state index in [9.17, 15) is 4.79 Å². The normalized spacial score (nSPS) is 12.3. The molecule has 9 heteroatoms. The highest BCUT2D eigenvalue weighted by Gasteiger charge is 2.20. The fourth-order valence-electron chi connectivity index (χ4n) is 2.98. The lowest BCUT2D eigenvalue weighted by molar-refractivity contribution is -0.119. The van der Waals surface area contributed by atoms with Crippen LogP contribution in [0.1, 0.15) is 36.8 Å². The predicted molar refractivity (Wildman–Crippen MR) is 110 cm³/mol. The Hall–Kier alpha value is -2.81. The molecule has 0 fully saturated rings. The van der Waals surface area contributed by atoms with E-state index < -0.39 is 0 Å². The number of amides is 1. The topological polar surface area (TPSA) is 104 Å². The molecule has 0 aliphatic heterocycles. The Morgan fingerprint density at radius 3 is 2.54 bits per heavy atom. The minimum absolute atomic E-state index is 0.0460. The van der Waals surface area contributed by atoms with Crippen molar-refractivity contribution in [2.24, 2.45) is 5.92 Å². The van der Waals surface area contributed by atoms with Crippen molar-refractivity contribution in [3.05, 3.63) is 53.3 Å². The average molecular weight is 400 g/mol. The van der Waals surface area contributed by atoms with E-state index in [1.807, 2.05) is 50.2 Å². The van der Waals surface area contributed by atoms with E-state index in [1.54, 1.807) is 4.68 Å². The standard InChI is InChI=1S/C19H25N7OS/c1-12(2)17(15-8-6-5-7-9-15)21-16(27)11-28-19-23-22-18(25(19)20)26-14(4)10-13(3)24-26/h5-10,12,17H,11,20H2,1-4H3,(H,21,27)/t17-/m1/s1. The van der Waals surface area contributed by atoms with Crippen LogP contribution < -0.4 is 11.2 Å². The lowest BCUT2D eigenvalue weighted by Gasteiger charge is -2.22. The van der Waals surface area contributed by atoms with Gasteiger partial charge in [0.15, 0.2) is 0 Å². The smallest absolute Gasteiger partial charge is 0.271 e. The van der Waals surface area contributed by atoms with Gasteiger partial charge in [0, 0.05) is 5.69 Å². The molecule has 1 aromatic carbocycles. The quantitative estimate of drug-likeness (QED) is 0.467. The van der Waals surface area contributed by atoms with Gasteiger partial charge in [0.05, 0.1) is 17.5 Å². The number of aryl methyl sites for hydroxylation is 2. The number of hydrogen-bond acceptors (Lipinski definition) is 6. The second-order valence-corrected chi connectivity index (χ2v) is 7.92. The maximum absolute atomic E-state index is 12.5. The van der Waals surface area contributed by atoms with Gasteiger partial charge in [-0.2, -0.15) is 5.10 Å². The molecule has 1 atom stereocenters. The third-order valence-electron chi connectivity index (χ3n) is 4.32. The van der Waals surface area contributed by atoms with Gasteiger partial charge in [-0.3, -0.25) is 4.79 Å². The molecule has 2 aromatic heterocycles. The Labute approximate surface area is 168 Å². The summed E-state index contributed by atoms with van der Waals surface area (Å²) in [7, 11) is 0. The molecule has 0 saturated carbocycles. The fraction of sp³-hybridized carbons (Fsp3) is 0.368. The lowest BCUT2D eigenvalue weighted by atomic mass is 9.96. The van der Waals surface area contributed by atoms with Crippen molar-refractivity contribution < 1.29 is 4.79 Å². The Morgan fingerprint density at radius 2 is 1.93 bits per heavy atom. The van der Waals surface area contributed by atoms with Crippen LogP contribution in [0.5, 0.6) is 0 Å². The van der Waals surface area contributed by atoms with Gasteiger partial charge >= 0.3 is 0 Å². The summed E-state index contributed by atoms with van der Waals surface area (Å²) in [4.78, 5) is 12.5. The number of carbonyl (C=O) groups is 1. The summed E-state index contributed by atoms with van der Waals surface area (Å²) in [6.45, 7) is 7.99. The van der Waals surface area contributed by atoms with E-state index in [0.717, 1.165) is 17.0 Å². The Kier molecular flexibility index (Phi) is 6.03. The molecular formula is C19H25N7OS. The number of nitrogen functional groups attached to an aromatic ring is 1. The molecule has 148 valence electrons. The number of benzene rings is 1. The van der Waals surface area contributed by atoms with Crippen molar-refractivity contribution >= 4 is 17.7 Å². The zero-order chi connectivity index (χ0) is 20.3. The van der Waals surface area contributed by atoms with Gasteiger partial charge in [0.2, 0.25) is 11.1 Å². The molecule has 1 amide bonds. The van der Waals surface area contributed by atoms with Gasteiger partial charge in [-0.25, -0.2) is 9.36 Å². The third-order valence-corrected chi connectivity index (χ3v) is 5.26. The molecule has 3 N–H and O–H groups in total. The second kappa shape index (κ2) is 8.47. The largest absolute Gasteiger partial charge is 0.348 e. The Bertz CT molecular complexity index is 949. The molecule has 0 spiro atoms. The van der Waals surface area contributed by atoms with E-state index in [-0.39, 0.29) is 23.6 Å². The van der Waals surface area contributed by atoms with Crippen molar-refractivity contribution in [2.45, 2.75) is 38.9 Å². The molecule has 8 nitrogen and oxygen atoms in total. The van der Waals surface area contributed by atoms with Crippen molar-refractivity contribution in [3.63, 3.8) is 0 Å². The fourth-order valence-corrected chi connectivity index (χ4v) is 3.65. The molecule has 3 aromatic rings. The van der Waals surface area contributed by atoms with Crippen LogP contribution in [-0.2, 0) is 4.79 Å². The SMILES string of the molecule is Cc1cc(C)n(-c2nnc(SCC(=O)N[C@@H](c3ccccc3)C(C)C)n2N)n1. The number of nitrogens with zero attached hydrogens (tertiary/aromatic N) is 5. The van der Waals surface area contributed by atoms with Crippen LogP contribution in [0.15, 0.2) is 41.6 Å². The highest BCUT2D eigenvalue weighted by Crippen LogP contribution is 2.22. The third kappa shape index (κ3) is 4.36. The lowest BCUT2D eigenvalue weighted by Crippen LogP contribution is -2.33. The number of hydrogen-bond donors (Lipinski definition) is 2. The van der Waals surface area contributed by atoms with Crippen molar-refractivity contribution in [1.82, 2.24) is 30.0 Å². The average Bonchev–Trinajstić information content (AvgIpc) is 3.19. The highest BCUT2D eigenvalue weighted by atomic mass is 32.2. The summed E-state index contributed by atoms with van der Waals surface area (Å²) in [6.07, 6.45) is 0. The maximum atomic E-state index is 12.5. The maximum Gasteiger partial charge on any atom is 0.271 e. The summed E-state index contributed by atoms with van der Waals surface area (Å²) in [5.41, 5.74) is 2.87. The molecule has 0 saturated heterocycles. The number of thioether (sulfide) groups is 1. The van der Waals surface area contributed by atoms with E-state index in [0.29, 0.717) is 11.1 Å². The van der Waals surface area contributed by atoms with E-state index >= 15 is 0 Å². The number of nitrogens with two attached hydrogens (primary N) is 1. The Morgan fingerprint density at radius 1 is 1.21 bits per heavy atom. The minimum Gasteiger partial charge on any atom is -0.348 e. The van der Waals surface area contributed by atoms with Crippen LogP contribution in [0.2, 0.25) is 0 Å². The molecule has 3 rings (SSSR count). The van der Waals surface area contributed by atoms with E-state index in [4.69, 9.17) is 5.84 Å². The monoisotopic (exact) mass is 399 g/mol. The summed E-state index contributed by atoms with van der Waals surface area (Å²) < 4.78 is 2.99. The van der Waals surface area contributed by atoms with Gasteiger partial charge < -0.3 is 11.2 Å². The second-order valence-electron chi connectivity index (χ2n) is 6.98. The molecular weight excluding hydrogens is 374 g/mol. The first-order valence-electron chi connectivity index (χ1n) is 9.08. The van der Waals surface area contributed by atoms with E-state index in [2.05, 4.69) is 34.5 Å². The summed E-state index contributed by atoms with van der Waals surface area (Å²) in [5, 5.41) is 16.1. The summed E-state index contributed by atoms with van der Waals surface area (Å²) in [5.74, 6) is 6.92. The zero-order valence-electron chi connectivity index (χ0n) is 16.5. The van der Waals surface area contributed by atoms with E-state index in [1.165, 1.54) is 16.4 Å². The van der Waals surface area contributed by atoms with Crippen molar-refractivity contribution in [2.75, 3.05) is 11.6 Å².